The minimum absolute atomic E-state index is 0.366. The van der Waals surface area contributed by atoms with Gasteiger partial charge < -0.3 is 56.8 Å². The van der Waals surface area contributed by atoms with Crippen molar-refractivity contribution < 1.29 is 100.0 Å². The van der Waals surface area contributed by atoms with Crippen LogP contribution in [0.1, 0.15) is 69.4 Å². The zero-order valence-corrected chi connectivity index (χ0v) is 33.5. The van der Waals surface area contributed by atoms with E-state index in [4.69, 9.17) is 52.1 Å². The molecular formula is C33H43N3O21S. The molecule has 0 aromatic carbocycles. The van der Waals surface area contributed by atoms with Gasteiger partial charge in [0, 0.05) is 48.5 Å². The number of methoxy groups -OCH3 is 2. The summed E-state index contributed by atoms with van der Waals surface area (Å²) < 4.78 is 67.0. The van der Waals surface area contributed by atoms with Crippen LogP contribution in [0.15, 0.2) is 0 Å². The first-order valence-corrected chi connectivity index (χ1v) is 18.1. The van der Waals surface area contributed by atoms with Crippen molar-refractivity contribution in [3.05, 3.63) is 11.4 Å². The van der Waals surface area contributed by atoms with E-state index in [-0.39, 0.29) is 5.88 Å². The summed E-state index contributed by atoms with van der Waals surface area (Å²) in [7, 11) is 2.10. The van der Waals surface area contributed by atoms with Gasteiger partial charge in [-0.25, -0.2) is 14.3 Å². The largest absolute Gasteiger partial charge is 0.464 e. The van der Waals surface area contributed by atoms with Crippen molar-refractivity contribution in [1.82, 2.24) is 15.0 Å². The molecule has 3 rings (SSSR count). The molecule has 0 amide bonds. The molecule has 10 atom stereocenters. The van der Waals surface area contributed by atoms with Crippen LogP contribution in [0, 0.1) is 0 Å². The van der Waals surface area contributed by atoms with Crippen LogP contribution in [0.4, 0.5) is 0 Å². The van der Waals surface area contributed by atoms with Gasteiger partial charge in [0.2, 0.25) is 5.69 Å². The fourth-order valence-corrected chi connectivity index (χ4v) is 6.78. The van der Waals surface area contributed by atoms with Crippen LogP contribution in [0.3, 0.4) is 0 Å². The first-order valence-electron chi connectivity index (χ1n) is 17.1. The van der Waals surface area contributed by atoms with Gasteiger partial charge >= 0.3 is 53.7 Å². The van der Waals surface area contributed by atoms with Crippen molar-refractivity contribution in [1.29, 1.82) is 0 Å². The number of nitrogens with zero attached hydrogens (tertiary/aromatic N) is 3. The number of aromatic nitrogens is 3. The molecule has 0 unspecified atom stereocenters. The molecule has 2 saturated heterocycles. The number of thioether (sulfide) groups is 1. The predicted molar refractivity (Wildman–Crippen MR) is 184 cm³/mol. The highest BCUT2D eigenvalue weighted by molar-refractivity contribution is 7.98. The second-order valence-electron chi connectivity index (χ2n) is 12.2. The topological polar surface area (TPSA) is 295 Å². The first kappa shape index (κ1) is 47.0. The van der Waals surface area contributed by atoms with E-state index in [1.165, 1.54) is 0 Å². The number of esters is 9. The molecule has 0 N–H and O–H groups in total. The maximum absolute atomic E-state index is 12.7. The molecule has 2 fully saturated rings. The second-order valence-corrected chi connectivity index (χ2v) is 13.3. The molecule has 58 heavy (non-hydrogen) atoms. The molecule has 0 radical (unpaired) electrons. The van der Waals surface area contributed by atoms with Gasteiger partial charge in [0.1, 0.15) is 37.0 Å². The van der Waals surface area contributed by atoms with Gasteiger partial charge in [0.05, 0.1) is 20.1 Å². The van der Waals surface area contributed by atoms with Gasteiger partial charge in [-0.2, -0.15) is 0 Å². The van der Waals surface area contributed by atoms with E-state index in [0.29, 0.717) is 0 Å². The molecule has 2 aliphatic rings. The lowest BCUT2D eigenvalue weighted by molar-refractivity contribution is -0.341. The van der Waals surface area contributed by atoms with Crippen molar-refractivity contribution in [2.45, 2.75) is 115 Å². The molecule has 0 bridgehead atoms. The lowest BCUT2D eigenvalue weighted by Gasteiger charge is -2.48. The van der Waals surface area contributed by atoms with E-state index < -0.39 is 139 Å². The van der Waals surface area contributed by atoms with E-state index in [1.54, 1.807) is 0 Å². The minimum atomic E-state index is -1.87. The van der Waals surface area contributed by atoms with E-state index in [9.17, 15) is 43.2 Å². The van der Waals surface area contributed by atoms with Crippen LogP contribution in [-0.2, 0) is 96.3 Å². The summed E-state index contributed by atoms with van der Waals surface area (Å²) in [6.07, 6.45) is -14.8. The molecule has 322 valence electrons. The summed E-state index contributed by atoms with van der Waals surface area (Å²) in [4.78, 5) is 111. The normalized spacial score (nSPS) is 26.5. The molecule has 0 spiro atoms. The summed E-state index contributed by atoms with van der Waals surface area (Å²) in [5.41, 5.74) is -2.28. The Bertz CT molecular complexity index is 1720. The van der Waals surface area contributed by atoms with Crippen LogP contribution in [0.5, 0.6) is 0 Å². The quantitative estimate of drug-likeness (QED) is 0.145. The van der Waals surface area contributed by atoms with Crippen molar-refractivity contribution >= 4 is 65.5 Å². The van der Waals surface area contributed by atoms with Crippen LogP contribution in [0.25, 0.3) is 0 Å². The summed E-state index contributed by atoms with van der Waals surface area (Å²) in [5, 5.41) is 7.52. The van der Waals surface area contributed by atoms with Gasteiger partial charge in [-0.3, -0.25) is 33.6 Å². The number of ether oxygens (including phenoxy) is 12. The number of hydrogen-bond donors (Lipinski definition) is 0. The molecular weight excluding hydrogens is 806 g/mol. The zero-order valence-electron chi connectivity index (χ0n) is 32.7. The maximum Gasteiger partial charge on any atom is 0.361 e. The molecule has 0 saturated carbocycles. The van der Waals surface area contributed by atoms with Gasteiger partial charge in [-0.05, 0) is 0 Å². The molecule has 2 aliphatic heterocycles. The average molecular weight is 850 g/mol. The summed E-state index contributed by atoms with van der Waals surface area (Å²) in [6.45, 7) is 5.98. The standard InChI is InChI=1S/C33H43N3O21S/c1-13(37)48-10-20-24(50-15(3)39)26(51-16(4)40)28(53-18(6)42)32(55-20)57-25-21(11-49-14(2)38)56-33(29(54-19(7)43)27(25)52-17(5)41)58-12-36-23(31(45)47-9)22(34-35-36)30(44)46-8/h20-21,24-29,32-33H,10-12H2,1-9H3/t20-,21-,24+,25-,26+,27+,28-,29-,32+,33+/m1/s1. The van der Waals surface area contributed by atoms with Crippen LogP contribution < -0.4 is 0 Å². The maximum atomic E-state index is 12.7. The third-order valence-electron chi connectivity index (χ3n) is 7.74. The average Bonchev–Trinajstić information content (AvgIpc) is 3.55. The molecule has 1 aromatic rings. The number of rotatable bonds is 16. The zero-order chi connectivity index (χ0) is 43.4. The second kappa shape index (κ2) is 21.4. The fourth-order valence-electron chi connectivity index (χ4n) is 5.69. The third kappa shape index (κ3) is 12.8. The molecule has 24 nitrogen and oxygen atoms in total. The predicted octanol–water partition coefficient (Wildman–Crippen LogP) is -0.838. The monoisotopic (exact) mass is 849 g/mol. The summed E-state index contributed by atoms with van der Waals surface area (Å²) in [5.74, 6) is -8.63. The SMILES string of the molecule is COC(=O)c1nnn(CS[C@@H]2O[C@H](COC(C)=O)[C@@H](O[C@@H]3O[C@H](COC(C)=O)[C@H](OC(C)=O)[C@H](OC(C)=O)[C@H]3OC(C)=O)[C@H](OC(C)=O)[C@H]2OC(C)=O)c1C(=O)OC. The Morgan fingerprint density at radius 3 is 1.50 bits per heavy atom. The van der Waals surface area contributed by atoms with E-state index in [1.807, 2.05) is 0 Å². The highest BCUT2D eigenvalue weighted by Crippen LogP contribution is 2.38. The molecule has 0 aliphatic carbocycles. The van der Waals surface area contributed by atoms with Gasteiger partial charge in [0.25, 0.3) is 0 Å². The van der Waals surface area contributed by atoms with E-state index >= 15 is 0 Å². The Morgan fingerprint density at radius 1 is 0.569 bits per heavy atom. The first-order chi connectivity index (χ1) is 27.3. The van der Waals surface area contributed by atoms with Crippen molar-refractivity contribution in [3.8, 4) is 0 Å². The number of carbonyl (C=O) groups is 9. The fraction of sp³-hybridized carbons (Fsp3) is 0.667. The Balaban J connectivity index is 2.17. The van der Waals surface area contributed by atoms with Gasteiger partial charge in [0.15, 0.2) is 42.5 Å². The molecule has 1 aromatic heterocycles. The Morgan fingerprint density at radius 2 is 1.02 bits per heavy atom. The Kier molecular flexibility index (Phi) is 17.3. The van der Waals surface area contributed by atoms with Gasteiger partial charge in [-0.15, -0.1) is 16.9 Å². The molecule has 25 heteroatoms. The third-order valence-corrected chi connectivity index (χ3v) is 8.84. The van der Waals surface area contributed by atoms with E-state index in [2.05, 4.69) is 15.0 Å². The number of hydrogen-bond acceptors (Lipinski definition) is 24. The minimum Gasteiger partial charge on any atom is -0.464 e. The Labute approximate surface area is 333 Å². The van der Waals surface area contributed by atoms with Crippen molar-refractivity contribution in [2.24, 2.45) is 0 Å². The molecule has 3 heterocycles. The lowest BCUT2D eigenvalue weighted by atomic mass is 9.96. The Hall–Kier alpha value is -5.40. The van der Waals surface area contributed by atoms with Crippen molar-refractivity contribution in [3.63, 3.8) is 0 Å². The van der Waals surface area contributed by atoms with E-state index in [0.717, 1.165) is 79.1 Å². The highest BCUT2D eigenvalue weighted by Gasteiger charge is 2.57. The summed E-state index contributed by atoms with van der Waals surface area (Å²) in [6, 6.07) is 0. The highest BCUT2D eigenvalue weighted by atomic mass is 32.2. The van der Waals surface area contributed by atoms with Crippen LogP contribution >= 0.6 is 11.8 Å². The summed E-state index contributed by atoms with van der Waals surface area (Å²) >= 11 is 0.783. The van der Waals surface area contributed by atoms with Crippen molar-refractivity contribution in [2.75, 3.05) is 27.4 Å². The van der Waals surface area contributed by atoms with Gasteiger partial charge in [-0.1, -0.05) is 5.21 Å². The van der Waals surface area contributed by atoms with Crippen LogP contribution in [-0.4, -0.2) is 157 Å². The van der Waals surface area contributed by atoms with Crippen LogP contribution in [0.2, 0.25) is 0 Å². The smallest absolute Gasteiger partial charge is 0.361 e. The lowest BCUT2D eigenvalue weighted by Crippen LogP contribution is -2.66. The number of carbonyl (C=O) groups excluding carboxylic acids is 9.